The number of carbonyl (C=O) groups excluding carboxylic acids is 1. The summed E-state index contributed by atoms with van der Waals surface area (Å²) >= 11 is 5.80. The van der Waals surface area contributed by atoms with Gasteiger partial charge in [0, 0.05) is 17.8 Å². The van der Waals surface area contributed by atoms with Gasteiger partial charge in [-0.15, -0.1) is 0 Å². The Balaban J connectivity index is 2.07. The number of hydrogen-bond acceptors (Lipinski definition) is 3. The second-order valence-corrected chi connectivity index (χ2v) is 6.00. The monoisotopic (exact) mass is 360 g/mol. The molecule has 0 aliphatic rings. The predicted molar refractivity (Wildman–Crippen MR) is 98.0 cm³/mol. The Morgan fingerprint density at radius 1 is 1.28 bits per heavy atom. The fraction of sp³-hybridized carbons (Fsp3) is 0.158. The molecule has 4 nitrogen and oxygen atoms in total. The minimum atomic E-state index is -0.522. The van der Waals surface area contributed by atoms with Crippen LogP contribution in [0.3, 0.4) is 0 Å². The first-order valence-corrected chi connectivity index (χ1v) is 7.96. The van der Waals surface area contributed by atoms with Crippen molar-refractivity contribution in [2.75, 3.05) is 0 Å². The number of halogens is 2. The lowest BCUT2D eigenvalue weighted by atomic mass is 10.1. The first-order chi connectivity index (χ1) is 11.9. The van der Waals surface area contributed by atoms with Crippen molar-refractivity contribution in [3.05, 3.63) is 75.8 Å². The number of hydrogen-bond donors (Lipinski definition) is 2. The van der Waals surface area contributed by atoms with Gasteiger partial charge in [-0.25, -0.2) is 4.39 Å². The van der Waals surface area contributed by atoms with Crippen molar-refractivity contribution in [2.45, 2.75) is 20.4 Å². The van der Waals surface area contributed by atoms with Crippen LogP contribution in [0, 0.1) is 19.7 Å². The van der Waals surface area contributed by atoms with Crippen molar-refractivity contribution in [1.82, 2.24) is 5.32 Å². The minimum absolute atomic E-state index is 0.0756. The number of aliphatic hydroxyl groups excluding tert-OH is 1. The van der Waals surface area contributed by atoms with Gasteiger partial charge in [0.05, 0.1) is 11.8 Å². The molecule has 0 bridgehead atoms. The Bertz CT molecular complexity index is 807. The lowest BCUT2D eigenvalue weighted by molar-refractivity contribution is -0.117. The number of nitrogens with zero attached hydrogens (tertiary/aromatic N) is 1. The Hall–Kier alpha value is -2.66. The molecular formula is C19H18ClFN2O2. The molecular weight excluding hydrogens is 343 g/mol. The van der Waals surface area contributed by atoms with Crippen molar-refractivity contribution in [2.24, 2.45) is 4.99 Å². The molecule has 0 saturated carbocycles. The van der Waals surface area contributed by atoms with Crippen LogP contribution >= 0.6 is 11.6 Å². The number of amides is 1. The highest BCUT2D eigenvalue weighted by molar-refractivity contribution is 6.30. The van der Waals surface area contributed by atoms with Gasteiger partial charge >= 0.3 is 0 Å². The van der Waals surface area contributed by atoms with Crippen LogP contribution in [0.5, 0.6) is 0 Å². The largest absolute Gasteiger partial charge is 0.515 e. The van der Waals surface area contributed by atoms with Crippen LogP contribution in [-0.4, -0.2) is 17.2 Å². The van der Waals surface area contributed by atoms with E-state index in [0.717, 1.165) is 17.3 Å². The van der Waals surface area contributed by atoms with Crippen LogP contribution in [0.4, 0.5) is 10.1 Å². The zero-order valence-electron chi connectivity index (χ0n) is 13.9. The van der Waals surface area contributed by atoms with Gasteiger partial charge in [0.1, 0.15) is 11.5 Å². The van der Waals surface area contributed by atoms with E-state index < -0.39 is 11.7 Å². The van der Waals surface area contributed by atoms with Crippen molar-refractivity contribution >= 4 is 29.4 Å². The van der Waals surface area contributed by atoms with Crippen molar-refractivity contribution in [3.8, 4) is 0 Å². The number of benzene rings is 2. The van der Waals surface area contributed by atoms with Crippen LogP contribution in [0.25, 0.3) is 0 Å². The highest BCUT2D eigenvalue weighted by Gasteiger charge is 2.09. The first kappa shape index (κ1) is 18.7. The summed E-state index contributed by atoms with van der Waals surface area (Å²) in [6.07, 6.45) is 1.78. The summed E-state index contributed by atoms with van der Waals surface area (Å²) in [5.74, 6) is -1.00. The molecule has 0 saturated heterocycles. The number of rotatable bonds is 5. The van der Waals surface area contributed by atoms with Gasteiger partial charge in [-0.05, 0) is 48.7 Å². The van der Waals surface area contributed by atoms with E-state index in [9.17, 15) is 14.3 Å². The lowest BCUT2D eigenvalue weighted by Gasteiger charge is -2.06. The van der Waals surface area contributed by atoms with E-state index in [1.54, 1.807) is 44.2 Å². The molecule has 0 atom stereocenters. The van der Waals surface area contributed by atoms with Crippen LogP contribution in [-0.2, 0) is 11.3 Å². The summed E-state index contributed by atoms with van der Waals surface area (Å²) in [6.45, 7) is 3.78. The maximum Gasteiger partial charge on any atom is 0.256 e. The third-order valence-corrected chi connectivity index (χ3v) is 3.75. The molecule has 130 valence electrons. The molecule has 0 fully saturated rings. The number of aliphatic imine (C=N–C) groups is 1. The molecule has 6 heteroatoms. The lowest BCUT2D eigenvalue weighted by Crippen LogP contribution is -2.25. The molecule has 0 unspecified atom stereocenters. The first-order valence-electron chi connectivity index (χ1n) is 7.58. The van der Waals surface area contributed by atoms with E-state index in [1.165, 1.54) is 6.07 Å². The van der Waals surface area contributed by atoms with E-state index in [2.05, 4.69) is 10.3 Å². The highest BCUT2D eigenvalue weighted by Crippen LogP contribution is 2.24. The third-order valence-electron chi connectivity index (χ3n) is 3.50. The van der Waals surface area contributed by atoms with Crippen LogP contribution in [0.2, 0.25) is 5.02 Å². The maximum atomic E-state index is 14.0. The molecule has 0 spiro atoms. The van der Waals surface area contributed by atoms with E-state index in [4.69, 9.17) is 11.6 Å². The van der Waals surface area contributed by atoms with Gasteiger partial charge in [-0.3, -0.25) is 9.79 Å². The number of aliphatic hydroxyl groups is 1. The zero-order chi connectivity index (χ0) is 18.4. The van der Waals surface area contributed by atoms with Crippen LogP contribution in [0.1, 0.15) is 16.7 Å². The fourth-order valence-electron chi connectivity index (χ4n) is 2.24. The summed E-state index contributed by atoms with van der Waals surface area (Å²) in [4.78, 5) is 16.1. The molecule has 2 aromatic carbocycles. The quantitative estimate of drug-likeness (QED) is 0.466. The van der Waals surface area contributed by atoms with E-state index >= 15 is 0 Å². The second-order valence-electron chi connectivity index (χ2n) is 5.56. The molecule has 25 heavy (non-hydrogen) atoms. The van der Waals surface area contributed by atoms with Gasteiger partial charge in [0.2, 0.25) is 0 Å². The van der Waals surface area contributed by atoms with E-state index in [0.29, 0.717) is 16.8 Å². The third kappa shape index (κ3) is 5.16. The predicted octanol–water partition coefficient (Wildman–Crippen LogP) is 4.56. The number of nitrogens with one attached hydrogen (secondary N) is 1. The zero-order valence-corrected chi connectivity index (χ0v) is 14.6. The smallest absolute Gasteiger partial charge is 0.256 e. The fourth-order valence-corrected chi connectivity index (χ4v) is 2.37. The van der Waals surface area contributed by atoms with Gasteiger partial charge < -0.3 is 10.4 Å². The molecule has 0 aliphatic carbocycles. The van der Waals surface area contributed by atoms with Gasteiger partial charge in [0.25, 0.3) is 5.91 Å². The normalized spacial score (nSPS) is 11.8. The SMILES string of the molecule is Cc1cc(C)c(N=C/C(=C/O)C(=O)NCc2ccc(Cl)cc2)c(F)c1. The average molecular weight is 361 g/mol. The highest BCUT2D eigenvalue weighted by atomic mass is 35.5. The molecule has 0 aliphatic heterocycles. The van der Waals surface area contributed by atoms with Gasteiger partial charge in [0.15, 0.2) is 0 Å². The molecule has 2 aromatic rings. The molecule has 0 radical (unpaired) electrons. The summed E-state index contributed by atoms with van der Waals surface area (Å²) in [6, 6.07) is 10.2. The molecule has 1 amide bonds. The Morgan fingerprint density at radius 2 is 1.96 bits per heavy atom. The van der Waals surface area contributed by atoms with Crippen molar-refractivity contribution < 1.29 is 14.3 Å². The van der Waals surface area contributed by atoms with Crippen LogP contribution < -0.4 is 5.32 Å². The van der Waals surface area contributed by atoms with E-state index in [1.807, 2.05) is 0 Å². The van der Waals surface area contributed by atoms with Crippen molar-refractivity contribution in [1.29, 1.82) is 0 Å². The topological polar surface area (TPSA) is 61.7 Å². The Morgan fingerprint density at radius 3 is 2.56 bits per heavy atom. The van der Waals surface area contributed by atoms with Crippen LogP contribution in [0.15, 0.2) is 53.2 Å². The number of aryl methyl sites for hydroxylation is 2. The molecule has 2 N–H and O–H groups in total. The molecule has 0 heterocycles. The standard InChI is InChI=1S/C19H18ClFN2O2/c1-12-7-13(2)18(17(21)8-12)22-10-15(11-24)19(25)23-9-14-3-5-16(20)6-4-14/h3-8,10-11,24H,9H2,1-2H3,(H,23,25)/b15-11-,22-10?. The summed E-state index contributed by atoms with van der Waals surface area (Å²) < 4.78 is 14.0. The Labute approximate surface area is 150 Å². The van der Waals surface area contributed by atoms with E-state index in [-0.39, 0.29) is 17.8 Å². The van der Waals surface area contributed by atoms with Gasteiger partial charge in [-0.1, -0.05) is 29.8 Å². The molecule has 2 rings (SSSR count). The van der Waals surface area contributed by atoms with Crippen molar-refractivity contribution in [3.63, 3.8) is 0 Å². The average Bonchev–Trinajstić information content (AvgIpc) is 2.56. The summed E-state index contributed by atoms with van der Waals surface area (Å²) in [5, 5.41) is 12.5. The minimum Gasteiger partial charge on any atom is -0.515 e. The maximum absolute atomic E-state index is 14.0. The number of carbonyl (C=O) groups is 1. The Kier molecular flexibility index (Phi) is 6.31. The summed E-state index contributed by atoms with van der Waals surface area (Å²) in [7, 11) is 0. The molecule has 0 aromatic heterocycles. The summed E-state index contributed by atoms with van der Waals surface area (Å²) in [5.41, 5.74) is 2.34. The second kappa shape index (κ2) is 8.44. The van der Waals surface area contributed by atoms with Gasteiger partial charge in [-0.2, -0.15) is 0 Å².